The highest BCUT2D eigenvalue weighted by molar-refractivity contribution is 6.08. The molecular weight excluding hydrogens is 342 g/mol. The van der Waals surface area contributed by atoms with Crippen molar-refractivity contribution in [2.24, 2.45) is 0 Å². The van der Waals surface area contributed by atoms with Crippen molar-refractivity contribution in [1.82, 2.24) is 15.8 Å². The van der Waals surface area contributed by atoms with Gasteiger partial charge in [0.05, 0.1) is 0 Å². The van der Waals surface area contributed by atoms with Gasteiger partial charge >= 0.3 is 12.0 Å². The molecule has 1 saturated carbocycles. The lowest BCUT2D eigenvalue weighted by Crippen LogP contribution is -2.51. The summed E-state index contributed by atoms with van der Waals surface area (Å²) < 4.78 is 10.2. The molecule has 2 fully saturated rings. The molecule has 26 heavy (non-hydrogen) atoms. The molecule has 2 heterocycles. The van der Waals surface area contributed by atoms with Gasteiger partial charge in [0.15, 0.2) is 6.61 Å². The van der Waals surface area contributed by atoms with Crippen LogP contribution in [0.25, 0.3) is 0 Å². The number of furan rings is 1. The summed E-state index contributed by atoms with van der Waals surface area (Å²) >= 11 is 0. The quantitative estimate of drug-likeness (QED) is 0.616. The standard InChI is InChI=1S/C17H21N3O6/c1-10-8-12(11(2)26-10)14(22)25-9-13(21)19-20-15(23)17(18-16(20)24)6-4-3-5-7-17/h8H,3-7,9H2,1-2H3,(H,18,24)(H,19,21). The highest BCUT2D eigenvalue weighted by Crippen LogP contribution is 2.32. The molecule has 0 aromatic carbocycles. The fourth-order valence-corrected chi connectivity index (χ4v) is 3.42. The Morgan fingerprint density at radius 3 is 2.58 bits per heavy atom. The summed E-state index contributed by atoms with van der Waals surface area (Å²) in [4.78, 5) is 48.6. The number of hydrogen-bond acceptors (Lipinski definition) is 6. The summed E-state index contributed by atoms with van der Waals surface area (Å²) in [6, 6.07) is 0.845. The molecule has 2 aliphatic rings. The van der Waals surface area contributed by atoms with Crippen LogP contribution in [0.4, 0.5) is 4.79 Å². The van der Waals surface area contributed by atoms with Crippen LogP contribution < -0.4 is 10.7 Å². The predicted octanol–water partition coefficient (Wildman–Crippen LogP) is 1.34. The molecule has 1 aromatic heterocycles. The molecule has 0 bridgehead atoms. The van der Waals surface area contributed by atoms with Crippen molar-refractivity contribution >= 4 is 23.8 Å². The third-order valence-corrected chi connectivity index (χ3v) is 4.70. The van der Waals surface area contributed by atoms with Gasteiger partial charge in [-0.05, 0) is 32.8 Å². The van der Waals surface area contributed by atoms with Gasteiger partial charge in [0.1, 0.15) is 22.6 Å². The van der Waals surface area contributed by atoms with Gasteiger partial charge in [0.25, 0.3) is 11.8 Å². The number of rotatable bonds is 4. The third-order valence-electron chi connectivity index (χ3n) is 4.70. The van der Waals surface area contributed by atoms with E-state index in [1.165, 1.54) is 6.07 Å². The molecule has 2 N–H and O–H groups in total. The van der Waals surface area contributed by atoms with E-state index >= 15 is 0 Å². The van der Waals surface area contributed by atoms with Gasteiger partial charge < -0.3 is 14.5 Å². The second-order valence-electron chi connectivity index (χ2n) is 6.65. The predicted molar refractivity (Wildman–Crippen MR) is 87.8 cm³/mol. The van der Waals surface area contributed by atoms with Crippen LogP contribution in [0.15, 0.2) is 10.5 Å². The maximum absolute atomic E-state index is 12.5. The Bertz CT molecular complexity index is 763. The molecule has 1 aliphatic carbocycles. The Morgan fingerprint density at radius 2 is 1.96 bits per heavy atom. The first-order chi connectivity index (χ1) is 12.3. The largest absolute Gasteiger partial charge is 0.466 e. The number of nitrogens with one attached hydrogen (secondary N) is 2. The lowest BCUT2D eigenvalue weighted by atomic mass is 9.82. The maximum Gasteiger partial charge on any atom is 0.344 e. The Labute approximate surface area is 150 Å². The van der Waals surface area contributed by atoms with Crippen LogP contribution in [0.5, 0.6) is 0 Å². The van der Waals surface area contributed by atoms with E-state index in [2.05, 4.69) is 10.7 Å². The molecule has 1 aliphatic heterocycles. The Morgan fingerprint density at radius 1 is 1.27 bits per heavy atom. The zero-order valence-electron chi connectivity index (χ0n) is 14.7. The highest BCUT2D eigenvalue weighted by Gasteiger charge is 2.52. The van der Waals surface area contributed by atoms with Gasteiger partial charge in [-0.15, -0.1) is 0 Å². The molecule has 140 valence electrons. The fourth-order valence-electron chi connectivity index (χ4n) is 3.42. The molecule has 3 rings (SSSR count). The fraction of sp³-hybridized carbons (Fsp3) is 0.529. The van der Waals surface area contributed by atoms with Crippen LogP contribution in [0.2, 0.25) is 0 Å². The van der Waals surface area contributed by atoms with Gasteiger partial charge in [-0.3, -0.25) is 15.0 Å². The summed E-state index contributed by atoms with van der Waals surface area (Å²) in [5.41, 5.74) is 1.51. The van der Waals surface area contributed by atoms with Crippen LogP contribution in [0.3, 0.4) is 0 Å². The number of hydrogen-bond donors (Lipinski definition) is 2. The van der Waals surface area contributed by atoms with Gasteiger partial charge in [0, 0.05) is 0 Å². The van der Waals surface area contributed by atoms with E-state index in [1.807, 2.05) is 0 Å². The summed E-state index contributed by atoms with van der Waals surface area (Å²) in [6.45, 7) is 2.68. The van der Waals surface area contributed by atoms with Gasteiger partial charge in [0.2, 0.25) is 0 Å². The first-order valence-corrected chi connectivity index (χ1v) is 8.53. The molecule has 0 unspecified atom stereocenters. The monoisotopic (exact) mass is 363 g/mol. The molecule has 0 atom stereocenters. The lowest BCUT2D eigenvalue weighted by Gasteiger charge is -2.30. The Kier molecular flexibility index (Phi) is 4.71. The number of imide groups is 1. The van der Waals surface area contributed by atoms with E-state index < -0.39 is 36.0 Å². The van der Waals surface area contributed by atoms with E-state index in [9.17, 15) is 19.2 Å². The van der Waals surface area contributed by atoms with Crippen LogP contribution in [-0.4, -0.2) is 41.0 Å². The molecule has 9 heteroatoms. The minimum Gasteiger partial charge on any atom is -0.466 e. The van der Waals surface area contributed by atoms with Crippen molar-refractivity contribution in [3.05, 3.63) is 23.2 Å². The van der Waals surface area contributed by atoms with Crippen LogP contribution in [0, 0.1) is 13.8 Å². The second kappa shape index (κ2) is 6.81. The number of ether oxygens (including phenoxy) is 1. The number of nitrogens with zero attached hydrogens (tertiary/aromatic N) is 1. The number of urea groups is 1. The summed E-state index contributed by atoms with van der Waals surface area (Å²) in [7, 11) is 0. The number of amides is 4. The second-order valence-corrected chi connectivity index (χ2v) is 6.65. The zero-order chi connectivity index (χ0) is 18.9. The van der Waals surface area contributed by atoms with E-state index in [0.717, 1.165) is 19.3 Å². The van der Waals surface area contributed by atoms with Gasteiger partial charge in [-0.2, -0.15) is 5.01 Å². The minimum atomic E-state index is -0.926. The zero-order valence-corrected chi connectivity index (χ0v) is 14.7. The summed E-state index contributed by atoms with van der Waals surface area (Å²) in [5.74, 6) is -1.01. The van der Waals surface area contributed by atoms with E-state index in [0.29, 0.717) is 29.4 Å². The smallest absolute Gasteiger partial charge is 0.344 e. The summed E-state index contributed by atoms with van der Waals surface area (Å²) in [6.07, 6.45) is 3.81. The molecular formula is C17H21N3O6. The molecule has 9 nitrogen and oxygen atoms in total. The normalized spacial score (nSPS) is 18.8. The average molecular weight is 363 g/mol. The average Bonchev–Trinajstić information content (AvgIpc) is 3.05. The Balaban J connectivity index is 1.56. The lowest BCUT2D eigenvalue weighted by molar-refractivity contribution is -0.140. The van der Waals surface area contributed by atoms with Crippen molar-refractivity contribution in [2.75, 3.05) is 6.61 Å². The molecule has 1 spiro atoms. The van der Waals surface area contributed by atoms with E-state index in [4.69, 9.17) is 9.15 Å². The SMILES string of the molecule is Cc1cc(C(=O)OCC(=O)NN2C(=O)NC3(CCCCC3)C2=O)c(C)o1. The summed E-state index contributed by atoms with van der Waals surface area (Å²) in [5, 5.41) is 3.35. The number of carbonyl (C=O) groups is 4. The van der Waals surface area contributed by atoms with Crippen molar-refractivity contribution in [2.45, 2.75) is 51.5 Å². The first-order valence-electron chi connectivity index (χ1n) is 8.53. The Hall–Kier alpha value is -2.84. The highest BCUT2D eigenvalue weighted by atomic mass is 16.5. The van der Waals surface area contributed by atoms with E-state index in [1.54, 1.807) is 13.8 Å². The number of esters is 1. The van der Waals surface area contributed by atoms with Crippen LogP contribution in [0.1, 0.15) is 54.0 Å². The first kappa shape index (κ1) is 18.0. The van der Waals surface area contributed by atoms with Gasteiger partial charge in [-0.1, -0.05) is 19.3 Å². The molecule has 1 saturated heterocycles. The van der Waals surface area contributed by atoms with Crippen molar-refractivity contribution in [1.29, 1.82) is 0 Å². The maximum atomic E-state index is 12.5. The van der Waals surface area contributed by atoms with Crippen LogP contribution >= 0.6 is 0 Å². The topological polar surface area (TPSA) is 118 Å². The molecule has 0 radical (unpaired) electrons. The van der Waals surface area contributed by atoms with Crippen molar-refractivity contribution in [3.63, 3.8) is 0 Å². The van der Waals surface area contributed by atoms with Crippen molar-refractivity contribution in [3.8, 4) is 0 Å². The number of hydrazine groups is 1. The third kappa shape index (κ3) is 3.29. The van der Waals surface area contributed by atoms with Crippen LogP contribution in [-0.2, 0) is 14.3 Å². The molecule has 1 aromatic rings. The van der Waals surface area contributed by atoms with Crippen molar-refractivity contribution < 1.29 is 28.3 Å². The minimum absolute atomic E-state index is 0.228. The molecule has 4 amide bonds. The number of aryl methyl sites for hydroxylation is 2. The van der Waals surface area contributed by atoms with Gasteiger partial charge in [-0.25, -0.2) is 9.59 Å². The number of carbonyl (C=O) groups excluding carboxylic acids is 4. The van der Waals surface area contributed by atoms with E-state index in [-0.39, 0.29) is 5.56 Å².